The Hall–Kier alpha value is -4.09. The van der Waals surface area contributed by atoms with Crippen molar-refractivity contribution >= 4 is 35.2 Å². The Kier molecular flexibility index (Phi) is 6.00. The van der Waals surface area contributed by atoms with E-state index in [0.29, 0.717) is 16.7 Å². The molecule has 0 N–H and O–H groups in total. The molecule has 0 unspecified atom stereocenters. The lowest BCUT2D eigenvalue weighted by atomic mass is 9.97. The molecule has 6 rings (SSSR count). The minimum atomic E-state index is -1.86. The summed E-state index contributed by atoms with van der Waals surface area (Å²) in [5.41, 5.74) is 6.97. The van der Waals surface area contributed by atoms with Crippen molar-refractivity contribution in [2.45, 2.75) is 26.6 Å². The average Bonchev–Trinajstić information content (AvgIpc) is 3.28. The van der Waals surface area contributed by atoms with Gasteiger partial charge in [0.2, 0.25) is 5.69 Å². The van der Waals surface area contributed by atoms with E-state index in [1.165, 1.54) is 6.07 Å². The van der Waals surface area contributed by atoms with E-state index in [1.807, 2.05) is 79.3 Å². The Labute approximate surface area is 228 Å². The molecule has 0 aliphatic rings. The van der Waals surface area contributed by atoms with E-state index in [2.05, 4.69) is 31.8 Å². The van der Waals surface area contributed by atoms with Crippen molar-refractivity contribution in [2.24, 2.45) is 7.05 Å². The topological polar surface area (TPSA) is 17.0 Å². The van der Waals surface area contributed by atoms with Crippen LogP contribution >= 0.6 is 0 Å². The summed E-state index contributed by atoms with van der Waals surface area (Å²) >= 11 is 0. The number of aromatic nitrogens is 1. The third-order valence-electron chi connectivity index (χ3n) is 7.54. The van der Waals surface area contributed by atoms with Gasteiger partial charge in [0, 0.05) is 22.0 Å². The predicted molar refractivity (Wildman–Crippen MR) is 159 cm³/mol. The number of pyridine rings is 1. The van der Waals surface area contributed by atoms with Gasteiger partial charge in [-0.25, -0.2) is 13.3 Å². The van der Waals surface area contributed by atoms with Gasteiger partial charge in [0.15, 0.2) is 6.20 Å². The molecule has 2 heterocycles. The highest BCUT2D eigenvalue weighted by atomic mass is 28.3. The third-order valence-corrected chi connectivity index (χ3v) is 9.52. The number of halogens is 2. The molecule has 0 radical (unpaired) electrons. The molecule has 194 valence electrons. The van der Waals surface area contributed by atoms with Gasteiger partial charge in [0.1, 0.15) is 29.8 Å². The number of aryl methyl sites for hydroxylation is 2. The Bertz CT molecular complexity index is 1870. The van der Waals surface area contributed by atoms with Crippen molar-refractivity contribution in [2.75, 3.05) is 0 Å². The van der Waals surface area contributed by atoms with E-state index in [0.717, 1.165) is 49.5 Å². The van der Waals surface area contributed by atoms with E-state index in [-0.39, 0.29) is 11.6 Å². The first-order valence-corrected chi connectivity index (χ1v) is 16.6. The SMILES string of the molecule is Cc1ccc2c(oc3c(-c4ccc(-c5ccccc5)cc4)c(F)ccc32)c1-c1cc(F)c([Si](C)(C)C)c[n+]1C. The lowest BCUT2D eigenvalue weighted by Crippen LogP contribution is -2.47. The van der Waals surface area contributed by atoms with Gasteiger partial charge in [0.05, 0.1) is 19.2 Å². The van der Waals surface area contributed by atoms with Gasteiger partial charge in [-0.2, -0.15) is 0 Å². The maximum absolute atomic E-state index is 15.4. The van der Waals surface area contributed by atoms with E-state index < -0.39 is 8.07 Å². The Morgan fingerprint density at radius 1 is 0.667 bits per heavy atom. The van der Waals surface area contributed by atoms with Crippen LogP contribution in [0.2, 0.25) is 19.6 Å². The number of furan rings is 1. The first-order chi connectivity index (χ1) is 18.6. The van der Waals surface area contributed by atoms with Crippen LogP contribution < -0.4 is 9.75 Å². The van der Waals surface area contributed by atoms with Crippen LogP contribution in [0, 0.1) is 18.6 Å². The molecular formula is C34H30F2NOSi+. The fraction of sp³-hybridized carbons (Fsp3) is 0.147. The molecule has 4 aromatic carbocycles. The zero-order chi connectivity index (χ0) is 27.5. The summed E-state index contributed by atoms with van der Waals surface area (Å²) in [5.74, 6) is -0.539. The molecule has 0 bridgehead atoms. The van der Waals surface area contributed by atoms with Gasteiger partial charge in [-0.3, -0.25) is 0 Å². The Balaban J connectivity index is 1.56. The zero-order valence-electron chi connectivity index (χ0n) is 22.8. The lowest BCUT2D eigenvalue weighted by molar-refractivity contribution is -0.659. The Morgan fingerprint density at radius 2 is 1.26 bits per heavy atom. The fourth-order valence-corrected chi connectivity index (χ4v) is 6.82. The second kappa shape index (κ2) is 9.28. The van der Waals surface area contributed by atoms with Crippen molar-refractivity contribution in [1.82, 2.24) is 0 Å². The Morgan fingerprint density at radius 3 is 1.92 bits per heavy atom. The second-order valence-electron chi connectivity index (χ2n) is 11.3. The van der Waals surface area contributed by atoms with Crippen molar-refractivity contribution in [1.29, 1.82) is 0 Å². The highest BCUT2D eigenvalue weighted by molar-refractivity contribution is 6.88. The molecule has 0 aliphatic heterocycles. The molecule has 0 saturated heterocycles. The average molecular weight is 535 g/mol. The molecule has 0 amide bonds. The van der Waals surface area contributed by atoms with Crippen molar-refractivity contribution < 1.29 is 17.8 Å². The molecule has 6 aromatic rings. The first kappa shape index (κ1) is 25.2. The number of rotatable bonds is 4. The van der Waals surface area contributed by atoms with Gasteiger partial charge < -0.3 is 4.42 Å². The molecule has 0 fully saturated rings. The summed E-state index contributed by atoms with van der Waals surface area (Å²) in [6.07, 6.45) is 1.91. The summed E-state index contributed by atoms with van der Waals surface area (Å²) in [7, 11) is 0.0783. The van der Waals surface area contributed by atoms with E-state index in [9.17, 15) is 0 Å². The van der Waals surface area contributed by atoms with Crippen LogP contribution in [-0.4, -0.2) is 8.07 Å². The minimum absolute atomic E-state index is 0.194. The van der Waals surface area contributed by atoms with Crippen LogP contribution in [-0.2, 0) is 7.05 Å². The molecule has 2 aromatic heterocycles. The van der Waals surface area contributed by atoms with Gasteiger partial charge in [-0.15, -0.1) is 0 Å². The number of nitrogens with zero attached hydrogens (tertiary/aromatic N) is 1. The van der Waals surface area contributed by atoms with Crippen molar-refractivity contribution in [3.63, 3.8) is 0 Å². The monoisotopic (exact) mass is 534 g/mol. The van der Waals surface area contributed by atoms with Gasteiger partial charge in [-0.05, 0) is 41.3 Å². The van der Waals surface area contributed by atoms with Crippen molar-refractivity contribution in [3.05, 3.63) is 108 Å². The van der Waals surface area contributed by atoms with Gasteiger partial charge in [-0.1, -0.05) is 86.4 Å². The van der Waals surface area contributed by atoms with E-state index in [4.69, 9.17) is 4.42 Å². The van der Waals surface area contributed by atoms with Crippen LogP contribution in [0.4, 0.5) is 8.78 Å². The minimum Gasteiger partial charge on any atom is -0.454 e. The van der Waals surface area contributed by atoms with E-state index in [1.54, 1.807) is 12.1 Å². The van der Waals surface area contributed by atoms with Gasteiger partial charge in [0.25, 0.3) is 0 Å². The number of benzene rings is 4. The summed E-state index contributed by atoms with van der Waals surface area (Å²) in [6.45, 7) is 8.41. The molecule has 0 spiro atoms. The van der Waals surface area contributed by atoms with Crippen LogP contribution in [0.25, 0.3) is 55.4 Å². The highest BCUT2D eigenvalue weighted by Gasteiger charge is 2.29. The normalized spacial score (nSPS) is 12.0. The molecule has 0 atom stereocenters. The summed E-state index contributed by atoms with van der Waals surface area (Å²) in [6, 6.07) is 26.9. The van der Waals surface area contributed by atoms with Crippen LogP contribution in [0.3, 0.4) is 0 Å². The van der Waals surface area contributed by atoms with Crippen LogP contribution in [0.15, 0.2) is 95.5 Å². The van der Waals surface area contributed by atoms with Gasteiger partial charge >= 0.3 is 0 Å². The molecular weight excluding hydrogens is 504 g/mol. The second-order valence-corrected chi connectivity index (χ2v) is 16.3. The largest absolute Gasteiger partial charge is 0.454 e. The van der Waals surface area contributed by atoms with E-state index >= 15 is 8.78 Å². The zero-order valence-corrected chi connectivity index (χ0v) is 23.8. The molecule has 2 nitrogen and oxygen atoms in total. The third kappa shape index (κ3) is 4.27. The summed E-state index contributed by atoms with van der Waals surface area (Å²) in [5, 5.41) is 2.49. The number of fused-ring (bicyclic) bond motifs is 3. The quantitative estimate of drug-likeness (QED) is 0.164. The predicted octanol–water partition coefficient (Wildman–Crippen LogP) is 8.54. The molecule has 0 saturated carbocycles. The number of hydrogen-bond acceptors (Lipinski definition) is 1. The van der Waals surface area contributed by atoms with Crippen LogP contribution in [0.5, 0.6) is 0 Å². The standard InChI is InChI=1S/C34H30F2NOSi/c1-21-11-16-25-26-17-18-27(35)32(24-14-12-23(13-15-24)22-9-7-6-8-10-22)34(26)38-33(25)31(21)29-19-28(36)30(20-37(29)2)39(3,4)5/h6-20H,1-5H3/q+1. The fourth-order valence-electron chi connectivity index (χ4n) is 5.45. The van der Waals surface area contributed by atoms with Crippen LogP contribution in [0.1, 0.15) is 5.56 Å². The molecule has 39 heavy (non-hydrogen) atoms. The summed E-state index contributed by atoms with van der Waals surface area (Å²) in [4.78, 5) is 0. The number of hydrogen-bond donors (Lipinski definition) is 0. The maximum Gasteiger partial charge on any atom is 0.219 e. The maximum atomic E-state index is 15.4. The highest BCUT2D eigenvalue weighted by Crippen LogP contribution is 2.41. The first-order valence-electron chi connectivity index (χ1n) is 13.1. The molecule has 5 heteroatoms. The molecule has 0 aliphatic carbocycles. The van der Waals surface area contributed by atoms with Crippen molar-refractivity contribution in [3.8, 4) is 33.5 Å². The smallest absolute Gasteiger partial charge is 0.219 e. The summed E-state index contributed by atoms with van der Waals surface area (Å²) < 4.78 is 39.3. The lowest BCUT2D eigenvalue weighted by Gasteiger charge is -2.16.